The number of halogens is 1. The maximum atomic E-state index is 5.84. The Morgan fingerprint density at radius 3 is 3.00 bits per heavy atom. The molecule has 0 aliphatic carbocycles. The molecule has 0 saturated heterocycles. The van der Waals surface area contributed by atoms with Crippen LogP contribution in [0.2, 0.25) is 5.15 Å². The minimum Gasteiger partial charge on any atom is -0.370 e. The lowest BCUT2D eigenvalue weighted by Gasteiger charge is -2.05. The van der Waals surface area contributed by atoms with Crippen LogP contribution in [-0.2, 0) is 6.42 Å². The van der Waals surface area contributed by atoms with Crippen molar-refractivity contribution in [2.45, 2.75) is 13.3 Å². The molecule has 0 saturated carbocycles. The van der Waals surface area contributed by atoms with Gasteiger partial charge in [-0.25, -0.2) is 9.97 Å². The standard InChI is InChI=1S/C11H12ClN3S/c1-8-14-10(12)7-11(15-8)13-5-4-9-3-2-6-16-9/h2-3,6-7H,4-5H2,1H3,(H,13,14,15). The third-order valence-corrected chi connectivity index (χ3v) is 3.19. The minimum absolute atomic E-state index is 0.478. The molecule has 1 N–H and O–H groups in total. The molecule has 0 atom stereocenters. The maximum Gasteiger partial charge on any atom is 0.134 e. The number of nitrogens with zero attached hydrogens (tertiary/aromatic N) is 2. The Hall–Kier alpha value is -1.13. The normalized spacial score (nSPS) is 10.4. The van der Waals surface area contributed by atoms with E-state index in [9.17, 15) is 0 Å². The van der Waals surface area contributed by atoms with Gasteiger partial charge in [0, 0.05) is 17.5 Å². The summed E-state index contributed by atoms with van der Waals surface area (Å²) in [6.07, 6.45) is 0.998. The Morgan fingerprint density at radius 2 is 2.31 bits per heavy atom. The van der Waals surface area contributed by atoms with Crippen molar-refractivity contribution < 1.29 is 0 Å². The van der Waals surface area contributed by atoms with Gasteiger partial charge in [-0.05, 0) is 24.8 Å². The number of nitrogens with one attached hydrogen (secondary N) is 1. The number of rotatable bonds is 4. The van der Waals surface area contributed by atoms with Crippen molar-refractivity contribution in [2.24, 2.45) is 0 Å². The van der Waals surface area contributed by atoms with Crippen molar-refractivity contribution in [2.75, 3.05) is 11.9 Å². The van der Waals surface area contributed by atoms with Crippen LogP contribution < -0.4 is 5.32 Å². The SMILES string of the molecule is Cc1nc(Cl)cc(NCCc2cccs2)n1. The highest BCUT2D eigenvalue weighted by Gasteiger charge is 1.99. The third kappa shape index (κ3) is 3.18. The maximum absolute atomic E-state index is 5.84. The van der Waals surface area contributed by atoms with E-state index in [0.717, 1.165) is 18.8 Å². The monoisotopic (exact) mass is 253 g/mol. The second-order valence-electron chi connectivity index (χ2n) is 3.38. The summed E-state index contributed by atoms with van der Waals surface area (Å²) in [5.41, 5.74) is 0. The molecule has 2 aromatic heterocycles. The molecule has 0 aliphatic rings. The average Bonchev–Trinajstić information content (AvgIpc) is 2.69. The molecule has 0 bridgehead atoms. The Labute approximate surface area is 104 Å². The van der Waals surface area contributed by atoms with Crippen molar-refractivity contribution in [1.82, 2.24) is 9.97 Å². The summed E-state index contributed by atoms with van der Waals surface area (Å²) in [5, 5.41) is 5.80. The van der Waals surface area contributed by atoms with E-state index in [4.69, 9.17) is 11.6 Å². The van der Waals surface area contributed by atoms with E-state index in [1.54, 1.807) is 17.4 Å². The summed E-state index contributed by atoms with van der Waals surface area (Å²) in [6, 6.07) is 5.93. The molecular formula is C11H12ClN3S. The number of hydrogen-bond acceptors (Lipinski definition) is 4. The van der Waals surface area contributed by atoms with Gasteiger partial charge in [0.05, 0.1) is 0 Å². The van der Waals surface area contributed by atoms with Crippen LogP contribution in [0.15, 0.2) is 23.6 Å². The van der Waals surface area contributed by atoms with Gasteiger partial charge in [0.2, 0.25) is 0 Å². The lowest BCUT2D eigenvalue weighted by molar-refractivity contribution is 0.994. The van der Waals surface area contributed by atoms with Crippen LogP contribution in [0.3, 0.4) is 0 Å². The Balaban J connectivity index is 1.89. The molecule has 2 heterocycles. The number of thiophene rings is 1. The highest BCUT2D eigenvalue weighted by atomic mass is 35.5. The predicted octanol–water partition coefficient (Wildman–Crippen LogP) is 3.15. The second kappa shape index (κ2) is 5.27. The van der Waals surface area contributed by atoms with Gasteiger partial charge in [-0.15, -0.1) is 11.3 Å². The number of aryl methyl sites for hydroxylation is 1. The fourth-order valence-electron chi connectivity index (χ4n) is 1.39. The summed E-state index contributed by atoms with van der Waals surface area (Å²) >= 11 is 7.61. The molecule has 2 aromatic rings. The largest absolute Gasteiger partial charge is 0.370 e. The Morgan fingerprint density at radius 1 is 1.44 bits per heavy atom. The van der Waals surface area contributed by atoms with Gasteiger partial charge in [-0.1, -0.05) is 17.7 Å². The molecule has 84 valence electrons. The molecule has 0 aromatic carbocycles. The molecule has 0 unspecified atom stereocenters. The molecule has 0 aliphatic heterocycles. The fraction of sp³-hybridized carbons (Fsp3) is 0.273. The second-order valence-corrected chi connectivity index (χ2v) is 4.80. The van der Waals surface area contributed by atoms with Crippen LogP contribution in [0.4, 0.5) is 5.82 Å². The smallest absolute Gasteiger partial charge is 0.134 e. The molecule has 0 radical (unpaired) electrons. The zero-order valence-electron chi connectivity index (χ0n) is 8.90. The summed E-state index contributed by atoms with van der Waals surface area (Å²) in [4.78, 5) is 9.62. The van der Waals surface area contributed by atoms with Crippen LogP contribution in [0.1, 0.15) is 10.7 Å². The van der Waals surface area contributed by atoms with Gasteiger partial charge >= 0.3 is 0 Å². The Bertz CT molecular complexity index is 436. The highest BCUT2D eigenvalue weighted by molar-refractivity contribution is 7.09. The number of hydrogen-bond donors (Lipinski definition) is 1. The van der Waals surface area contributed by atoms with E-state index in [-0.39, 0.29) is 0 Å². The zero-order chi connectivity index (χ0) is 11.4. The van der Waals surface area contributed by atoms with Gasteiger partial charge in [-0.2, -0.15) is 0 Å². The van der Waals surface area contributed by atoms with E-state index >= 15 is 0 Å². The summed E-state index contributed by atoms with van der Waals surface area (Å²) in [5.74, 6) is 1.47. The van der Waals surface area contributed by atoms with Crippen molar-refractivity contribution >= 4 is 28.8 Å². The van der Waals surface area contributed by atoms with Gasteiger partial charge in [-0.3, -0.25) is 0 Å². The van der Waals surface area contributed by atoms with Crippen LogP contribution in [0.25, 0.3) is 0 Å². The van der Waals surface area contributed by atoms with Gasteiger partial charge < -0.3 is 5.32 Å². The number of anilines is 1. The van der Waals surface area contributed by atoms with E-state index in [1.807, 2.05) is 6.92 Å². The van der Waals surface area contributed by atoms with Gasteiger partial charge in [0.15, 0.2) is 0 Å². The van der Waals surface area contributed by atoms with E-state index in [2.05, 4.69) is 32.8 Å². The molecule has 2 rings (SSSR count). The van der Waals surface area contributed by atoms with Crippen molar-refractivity contribution in [3.63, 3.8) is 0 Å². The van der Waals surface area contributed by atoms with Crippen LogP contribution in [0, 0.1) is 6.92 Å². The Kier molecular flexibility index (Phi) is 3.74. The zero-order valence-corrected chi connectivity index (χ0v) is 10.5. The fourth-order valence-corrected chi connectivity index (χ4v) is 2.33. The summed E-state index contributed by atoms with van der Waals surface area (Å²) < 4.78 is 0. The predicted molar refractivity (Wildman–Crippen MR) is 68.3 cm³/mol. The van der Waals surface area contributed by atoms with Crippen LogP contribution in [0.5, 0.6) is 0 Å². The molecule has 0 spiro atoms. The van der Waals surface area contributed by atoms with Crippen LogP contribution >= 0.6 is 22.9 Å². The third-order valence-electron chi connectivity index (χ3n) is 2.06. The summed E-state index contributed by atoms with van der Waals surface area (Å²) in [7, 11) is 0. The van der Waals surface area contributed by atoms with Crippen molar-refractivity contribution in [1.29, 1.82) is 0 Å². The minimum atomic E-state index is 0.478. The molecule has 5 heteroatoms. The number of aromatic nitrogens is 2. The van der Waals surface area contributed by atoms with E-state index < -0.39 is 0 Å². The van der Waals surface area contributed by atoms with Gasteiger partial charge in [0.25, 0.3) is 0 Å². The topological polar surface area (TPSA) is 37.8 Å². The van der Waals surface area contributed by atoms with E-state index in [1.165, 1.54) is 4.88 Å². The first kappa shape index (κ1) is 11.4. The molecule has 16 heavy (non-hydrogen) atoms. The molecule has 0 amide bonds. The molecular weight excluding hydrogens is 242 g/mol. The first-order valence-corrected chi connectivity index (χ1v) is 6.27. The van der Waals surface area contributed by atoms with Crippen molar-refractivity contribution in [3.8, 4) is 0 Å². The highest BCUT2D eigenvalue weighted by Crippen LogP contribution is 2.12. The van der Waals surface area contributed by atoms with Gasteiger partial charge in [0.1, 0.15) is 16.8 Å². The molecule has 3 nitrogen and oxygen atoms in total. The average molecular weight is 254 g/mol. The van der Waals surface area contributed by atoms with E-state index in [0.29, 0.717) is 11.0 Å². The lowest BCUT2D eigenvalue weighted by atomic mass is 10.3. The lowest BCUT2D eigenvalue weighted by Crippen LogP contribution is -2.06. The summed E-state index contributed by atoms with van der Waals surface area (Å²) in [6.45, 7) is 2.68. The first-order chi connectivity index (χ1) is 7.74. The van der Waals surface area contributed by atoms with Crippen molar-refractivity contribution in [3.05, 3.63) is 39.4 Å². The molecule has 0 fully saturated rings. The quantitative estimate of drug-likeness (QED) is 0.851. The first-order valence-electron chi connectivity index (χ1n) is 5.01. The van der Waals surface area contributed by atoms with Crippen LogP contribution in [-0.4, -0.2) is 16.5 Å².